The molecule has 1 aliphatic rings. The fraction of sp³-hybridized carbons (Fsp3) is 0.433. The molecule has 0 amide bonds. The molecule has 9 nitrogen and oxygen atoms in total. The van der Waals surface area contributed by atoms with Gasteiger partial charge in [-0.2, -0.15) is 0 Å². The quantitative estimate of drug-likeness (QED) is 0.282. The summed E-state index contributed by atoms with van der Waals surface area (Å²) in [7, 11) is 0. The fourth-order valence-electron chi connectivity index (χ4n) is 5.53. The molecule has 1 aromatic carbocycles. The first kappa shape index (κ1) is 26.6. The Labute approximate surface area is 229 Å². The summed E-state index contributed by atoms with van der Waals surface area (Å²) in [4.78, 5) is 18.7. The summed E-state index contributed by atoms with van der Waals surface area (Å²) in [6, 6.07) is 10.4. The van der Waals surface area contributed by atoms with Crippen molar-refractivity contribution in [3.8, 4) is 17.2 Å². The van der Waals surface area contributed by atoms with E-state index in [9.17, 15) is 4.79 Å². The molecule has 0 saturated heterocycles. The first-order valence-electron chi connectivity index (χ1n) is 14.0. The van der Waals surface area contributed by atoms with Crippen LogP contribution in [0.25, 0.3) is 17.2 Å². The summed E-state index contributed by atoms with van der Waals surface area (Å²) < 4.78 is 6.11. The molecule has 39 heavy (non-hydrogen) atoms. The topological polar surface area (TPSA) is 98.7 Å². The van der Waals surface area contributed by atoms with E-state index >= 15 is 0 Å². The number of nitrogens with zero attached hydrogens (tertiary/aromatic N) is 7. The van der Waals surface area contributed by atoms with Crippen LogP contribution in [0.3, 0.4) is 0 Å². The Morgan fingerprint density at radius 2 is 2.03 bits per heavy atom. The summed E-state index contributed by atoms with van der Waals surface area (Å²) in [5.41, 5.74) is 3.82. The molecular weight excluding hydrogens is 488 g/mol. The predicted molar refractivity (Wildman–Crippen MR) is 155 cm³/mol. The number of unbranched alkanes of at least 4 members (excludes halogenated alkanes) is 1. The predicted octanol–water partition coefficient (Wildman–Crippen LogP) is 5.42. The number of aromatic nitrogens is 7. The maximum absolute atomic E-state index is 14.3. The average Bonchev–Trinajstić information content (AvgIpc) is 3.69. The summed E-state index contributed by atoms with van der Waals surface area (Å²) in [5, 5.41) is 14.4. The summed E-state index contributed by atoms with van der Waals surface area (Å²) in [5.74, 6) is 1.91. The third kappa shape index (κ3) is 5.17. The second-order valence-electron chi connectivity index (χ2n) is 10.7. The van der Waals surface area contributed by atoms with Crippen molar-refractivity contribution in [3.63, 3.8) is 0 Å². The van der Waals surface area contributed by atoms with E-state index in [2.05, 4.69) is 94.5 Å². The Morgan fingerprint density at radius 1 is 1.15 bits per heavy atom. The maximum Gasteiger partial charge on any atom is 0.334 e. The van der Waals surface area contributed by atoms with Gasteiger partial charge in [-0.25, -0.2) is 9.89 Å². The number of rotatable bonds is 11. The van der Waals surface area contributed by atoms with Gasteiger partial charge in [0.1, 0.15) is 5.82 Å². The summed E-state index contributed by atoms with van der Waals surface area (Å²) >= 11 is 0. The number of aryl methyl sites for hydroxylation is 2. The van der Waals surface area contributed by atoms with Gasteiger partial charge in [-0.1, -0.05) is 58.4 Å². The molecule has 4 heterocycles. The third-order valence-corrected chi connectivity index (χ3v) is 7.66. The Hall–Kier alpha value is -4.01. The summed E-state index contributed by atoms with van der Waals surface area (Å²) in [6.45, 7) is 10.1. The minimum atomic E-state index is -0.436. The smallest absolute Gasteiger partial charge is 0.334 e. The second-order valence-corrected chi connectivity index (χ2v) is 10.7. The molecule has 1 atom stereocenters. The van der Waals surface area contributed by atoms with Crippen LogP contribution in [0.5, 0.6) is 0 Å². The Bertz CT molecular complexity index is 1520. The monoisotopic (exact) mass is 526 g/mol. The third-order valence-electron chi connectivity index (χ3n) is 7.66. The van der Waals surface area contributed by atoms with Crippen molar-refractivity contribution in [3.05, 3.63) is 82.3 Å². The Morgan fingerprint density at radius 3 is 2.72 bits per heavy atom. The molecule has 1 N–H and O–H groups in total. The summed E-state index contributed by atoms with van der Waals surface area (Å²) in [6.07, 6.45) is 14.8. The van der Waals surface area contributed by atoms with Crippen molar-refractivity contribution in [2.24, 2.45) is 4.99 Å². The lowest BCUT2D eigenvalue weighted by atomic mass is 9.76. The lowest BCUT2D eigenvalue weighted by molar-refractivity contribution is 0.438. The molecule has 0 aliphatic carbocycles. The van der Waals surface area contributed by atoms with Crippen molar-refractivity contribution in [2.45, 2.75) is 84.2 Å². The van der Waals surface area contributed by atoms with E-state index in [4.69, 9.17) is 0 Å². The highest BCUT2D eigenvalue weighted by Gasteiger charge is 2.33. The zero-order valence-electron chi connectivity index (χ0n) is 23.3. The number of nitrogens with one attached hydrogen (secondary N) is 1. The number of allylic oxidation sites excluding steroid dienone is 1. The van der Waals surface area contributed by atoms with Gasteiger partial charge in [0.25, 0.3) is 0 Å². The van der Waals surface area contributed by atoms with Gasteiger partial charge >= 0.3 is 5.69 Å². The molecule has 1 aliphatic heterocycles. The van der Waals surface area contributed by atoms with Gasteiger partial charge in [-0.05, 0) is 65.3 Å². The number of imidazole rings is 1. The zero-order chi connectivity index (χ0) is 27.4. The highest BCUT2D eigenvalue weighted by Crippen LogP contribution is 2.35. The first-order valence-corrected chi connectivity index (χ1v) is 14.0. The molecule has 0 saturated carbocycles. The van der Waals surface area contributed by atoms with E-state index in [1.54, 1.807) is 0 Å². The van der Waals surface area contributed by atoms with E-state index in [0.717, 1.165) is 54.9 Å². The van der Waals surface area contributed by atoms with Crippen LogP contribution >= 0.6 is 0 Å². The first-order chi connectivity index (χ1) is 19.0. The van der Waals surface area contributed by atoms with Crippen molar-refractivity contribution in [1.29, 1.82) is 0 Å². The highest BCUT2D eigenvalue weighted by atomic mass is 16.1. The molecule has 204 valence electrons. The number of aliphatic imine (C=N–C) groups is 1. The van der Waals surface area contributed by atoms with Crippen LogP contribution in [-0.4, -0.2) is 40.5 Å². The molecule has 1 unspecified atom stereocenters. The highest BCUT2D eigenvalue weighted by molar-refractivity contribution is 5.65. The van der Waals surface area contributed by atoms with Crippen LogP contribution in [-0.2, 0) is 24.9 Å². The van der Waals surface area contributed by atoms with Crippen molar-refractivity contribution in [1.82, 2.24) is 34.3 Å². The zero-order valence-corrected chi connectivity index (χ0v) is 23.3. The van der Waals surface area contributed by atoms with Crippen LogP contribution in [0.4, 0.5) is 0 Å². The lowest BCUT2D eigenvalue weighted by Gasteiger charge is -2.32. The van der Waals surface area contributed by atoms with Gasteiger partial charge in [0.05, 0.1) is 0 Å². The number of tetrazole rings is 1. The maximum atomic E-state index is 14.3. The Balaban J connectivity index is 1.64. The normalized spacial score (nSPS) is 16.9. The molecule has 0 radical (unpaired) electrons. The Kier molecular flexibility index (Phi) is 7.77. The standard InChI is InChI=1S/C30H38N8O/c1-5-7-11-25-20-37(28-26(22(3)4)12-18-36(28)17-6-2)29(39)38(25)21-30(13-15-31-16-14-30)24-10-8-9-23(19-24)27-32-34-35-33-27/h8-10,12-13,15-16,18-20,22H,5-7,11,14,17,21H2,1-4H3,(H,32,33,34,35). The molecule has 0 spiro atoms. The second kappa shape index (κ2) is 11.4. The lowest BCUT2D eigenvalue weighted by Crippen LogP contribution is -2.37. The molecule has 3 aromatic heterocycles. The number of aromatic amines is 1. The molecule has 0 bridgehead atoms. The number of hydrogen-bond acceptors (Lipinski definition) is 5. The van der Waals surface area contributed by atoms with Gasteiger partial charge in [0, 0.05) is 54.6 Å². The minimum absolute atomic E-state index is 0.00457. The number of H-pyrrole nitrogens is 1. The van der Waals surface area contributed by atoms with E-state index in [-0.39, 0.29) is 5.69 Å². The van der Waals surface area contributed by atoms with Crippen LogP contribution < -0.4 is 5.69 Å². The average molecular weight is 527 g/mol. The van der Waals surface area contributed by atoms with E-state index in [0.29, 0.717) is 24.7 Å². The van der Waals surface area contributed by atoms with Crippen LogP contribution in [0.2, 0.25) is 0 Å². The fourth-order valence-corrected chi connectivity index (χ4v) is 5.53. The van der Waals surface area contributed by atoms with Gasteiger partial charge in [-0.15, -0.1) is 5.10 Å². The van der Waals surface area contributed by atoms with Gasteiger partial charge in [0.2, 0.25) is 0 Å². The van der Waals surface area contributed by atoms with Gasteiger partial charge in [-0.3, -0.25) is 14.1 Å². The van der Waals surface area contributed by atoms with E-state index in [1.807, 2.05) is 33.7 Å². The van der Waals surface area contributed by atoms with Crippen molar-refractivity contribution < 1.29 is 0 Å². The SMILES string of the molecule is CCCCc1cn(-c2c(C(C)C)ccn2CCC)c(=O)n1CC1(c2cccc(-c3nnn[nH]3)c2)C=CN=CC1. The minimum Gasteiger partial charge on any atom is -0.334 e. The van der Waals surface area contributed by atoms with Crippen LogP contribution in [0, 0.1) is 0 Å². The van der Waals surface area contributed by atoms with Crippen molar-refractivity contribution in [2.75, 3.05) is 0 Å². The largest absolute Gasteiger partial charge is 0.334 e. The molecule has 9 heteroatoms. The van der Waals surface area contributed by atoms with E-state index in [1.165, 1.54) is 5.56 Å². The molecule has 5 rings (SSSR count). The van der Waals surface area contributed by atoms with Gasteiger partial charge < -0.3 is 4.57 Å². The molecule has 4 aromatic rings. The number of benzene rings is 1. The van der Waals surface area contributed by atoms with Crippen LogP contribution in [0.15, 0.2) is 64.8 Å². The van der Waals surface area contributed by atoms with Crippen molar-refractivity contribution >= 4 is 6.21 Å². The van der Waals surface area contributed by atoms with Gasteiger partial charge in [0.15, 0.2) is 5.82 Å². The van der Waals surface area contributed by atoms with Crippen LogP contribution in [0.1, 0.15) is 76.1 Å². The van der Waals surface area contributed by atoms with E-state index < -0.39 is 5.41 Å². The molecular formula is C30H38N8O. The number of hydrogen-bond donors (Lipinski definition) is 1. The molecule has 0 fully saturated rings.